The van der Waals surface area contributed by atoms with Gasteiger partial charge in [-0.1, -0.05) is 17.3 Å². The van der Waals surface area contributed by atoms with Crippen LogP contribution in [0.4, 0.5) is 0 Å². The number of rotatable bonds is 5. The van der Waals surface area contributed by atoms with Crippen LogP contribution in [-0.2, 0) is 6.54 Å². The van der Waals surface area contributed by atoms with E-state index in [4.69, 9.17) is 0 Å². The molecule has 0 aliphatic carbocycles. The topological polar surface area (TPSA) is 85.2 Å². The molecule has 0 spiro atoms. The van der Waals surface area contributed by atoms with E-state index < -0.39 is 0 Å². The number of aryl methyl sites for hydroxylation is 1. The van der Waals surface area contributed by atoms with Gasteiger partial charge in [-0.25, -0.2) is 0 Å². The summed E-state index contributed by atoms with van der Waals surface area (Å²) in [5, 5.41) is 7.42. The molecule has 0 atom stereocenters. The van der Waals surface area contributed by atoms with E-state index in [1.54, 1.807) is 24.3 Å². The molecule has 2 heterocycles. The number of aldehydes is 1. The monoisotopic (exact) mass is 284 g/mol. The van der Waals surface area contributed by atoms with Crippen molar-refractivity contribution >= 4 is 18.1 Å². The Morgan fingerprint density at radius 3 is 2.29 bits per heavy atom. The number of amides is 2. The van der Waals surface area contributed by atoms with Crippen LogP contribution in [0.25, 0.3) is 0 Å². The summed E-state index contributed by atoms with van der Waals surface area (Å²) >= 11 is 0. The normalized spacial score (nSPS) is 13.6. The predicted molar refractivity (Wildman–Crippen MR) is 71.8 cm³/mol. The molecule has 1 aromatic carbocycles. The Hall–Kier alpha value is -2.83. The van der Waals surface area contributed by atoms with Crippen LogP contribution >= 0.6 is 0 Å². The second-order valence-corrected chi connectivity index (χ2v) is 4.69. The van der Waals surface area contributed by atoms with Gasteiger partial charge in [0.1, 0.15) is 5.69 Å². The van der Waals surface area contributed by atoms with E-state index in [0.29, 0.717) is 36.9 Å². The number of carbonyl (C=O) groups is 3. The van der Waals surface area contributed by atoms with Gasteiger partial charge >= 0.3 is 0 Å². The molecule has 0 unspecified atom stereocenters. The van der Waals surface area contributed by atoms with Crippen LogP contribution in [0.2, 0.25) is 0 Å². The van der Waals surface area contributed by atoms with Crippen molar-refractivity contribution in [3.8, 4) is 0 Å². The van der Waals surface area contributed by atoms with Crippen molar-refractivity contribution in [2.24, 2.45) is 0 Å². The fourth-order valence-electron chi connectivity index (χ4n) is 2.31. The molecular formula is C14H12N4O3. The zero-order valence-corrected chi connectivity index (χ0v) is 11.1. The summed E-state index contributed by atoms with van der Waals surface area (Å²) in [6.45, 7) is 0.789. The van der Waals surface area contributed by atoms with E-state index in [9.17, 15) is 14.4 Å². The number of hydrogen-bond acceptors (Lipinski definition) is 5. The Morgan fingerprint density at radius 1 is 1.05 bits per heavy atom. The largest absolute Gasteiger partial charge is 0.296 e. The van der Waals surface area contributed by atoms with Crippen molar-refractivity contribution in [1.29, 1.82) is 0 Å². The zero-order valence-electron chi connectivity index (χ0n) is 11.1. The first-order valence-electron chi connectivity index (χ1n) is 6.51. The third-order valence-electron chi connectivity index (χ3n) is 3.32. The maximum Gasteiger partial charge on any atom is 0.261 e. The third kappa shape index (κ3) is 2.33. The van der Waals surface area contributed by atoms with Gasteiger partial charge < -0.3 is 0 Å². The van der Waals surface area contributed by atoms with Gasteiger partial charge in [-0.3, -0.25) is 24.0 Å². The Morgan fingerprint density at radius 2 is 1.71 bits per heavy atom. The summed E-state index contributed by atoms with van der Waals surface area (Å²) in [6, 6.07) is 6.79. The molecule has 0 bridgehead atoms. The highest BCUT2D eigenvalue weighted by Crippen LogP contribution is 2.22. The van der Waals surface area contributed by atoms with Crippen molar-refractivity contribution in [1.82, 2.24) is 19.9 Å². The fraction of sp³-hybridized carbons (Fsp3) is 0.214. The summed E-state index contributed by atoms with van der Waals surface area (Å²) < 4.78 is 1.52. The van der Waals surface area contributed by atoms with E-state index in [-0.39, 0.29) is 17.5 Å². The molecule has 0 N–H and O–H groups in total. The first-order valence-corrected chi connectivity index (χ1v) is 6.51. The van der Waals surface area contributed by atoms with Gasteiger partial charge in [0.15, 0.2) is 6.29 Å². The Labute approximate surface area is 120 Å². The summed E-state index contributed by atoms with van der Waals surface area (Å²) in [4.78, 5) is 36.0. The van der Waals surface area contributed by atoms with E-state index in [0.717, 1.165) is 0 Å². The van der Waals surface area contributed by atoms with Crippen molar-refractivity contribution < 1.29 is 14.4 Å². The molecule has 7 heteroatoms. The molecular weight excluding hydrogens is 272 g/mol. The number of aromatic nitrogens is 3. The lowest BCUT2D eigenvalue weighted by Crippen LogP contribution is -2.31. The van der Waals surface area contributed by atoms with Crippen LogP contribution in [0.15, 0.2) is 30.5 Å². The van der Waals surface area contributed by atoms with Crippen molar-refractivity contribution in [3.63, 3.8) is 0 Å². The molecule has 0 saturated carbocycles. The van der Waals surface area contributed by atoms with Crippen LogP contribution in [0.1, 0.15) is 37.6 Å². The predicted octanol–water partition coefficient (Wildman–Crippen LogP) is 0.777. The molecule has 2 amide bonds. The number of imide groups is 1. The summed E-state index contributed by atoms with van der Waals surface area (Å²) in [5.74, 6) is -0.523. The molecule has 1 aromatic heterocycles. The van der Waals surface area contributed by atoms with Gasteiger partial charge in [-0.2, -0.15) is 0 Å². The van der Waals surface area contributed by atoms with Crippen molar-refractivity contribution in [2.75, 3.05) is 6.54 Å². The second kappa shape index (κ2) is 5.28. The number of nitrogens with zero attached hydrogens (tertiary/aromatic N) is 4. The highest BCUT2D eigenvalue weighted by atomic mass is 16.2. The van der Waals surface area contributed by atoms with Crippen molar-refractivity contribution in [3.05, 3.63) is 47.3 Å². The summed E-state index contributed by atoms with van der Waals surface area (Å²) in [7, 11) is 0. The maximum atomic E-state index is 12.1. The highest BCUT2D eigenvalue weighted by Gasteiger charge is 2.34. The summed E-state index contributed by atoms with van der Waals surface area (Å²) in [6.07, 6.45) is 2.69. The van der Waals surface area contributed by atoms with Crippen LogP contribution in [-0.4, -0.2) is 44.5 Å². The molecule has 7 nitrogen and oxygen atoms in total. The minimum absolute atomic E-state index is 0.260. The first-order chi connectivity index (χ1) is 10.2. The van der Waals surface area contributed by atoms with Gasteiger partial charge in [0.2, 0.25) is 0 Å². The van der Waals surface area contributed by atoms with E-state index in [1.165, 1.54) is 15.8 Å². The Kier molecular flexibility index (Phi) is 3.31. The lowest BCUT2D eigenvalue weighted by Gasteiger charge is -2.13. The third-order valence-corrected chi connectivity index (χ3v) is 3.32. The van der Waals surface area contributed by atoms with E-state index >= 15 is 0 Å². The second-order valence-electron chi connectivity index (χ2n) is 4.69. The zero-order chi connectivity index (χ0) is 14.8. The molecule has 21 heavy (non-hydrogen) atoms. The SMILES string of the molecule is O=Cc1cn(CCCN2C(=O)c3ccccc3C2=O)nn1. The fourth-order valence-corrected chi connectivity index (χ4v) is 2.31. The van der Waals surface area contributed by atoms with E-state index in [2.05, 4.69) is 10.3 Å². The molecule has 2 aromatic rings. The minimum atomic E-state index is -0.261. The molecule has 0 radical (unpaired) electrons. The van der Waals surface area contributed by atoms with Crippen LogP contribution in [0, 0.1) is 0 Å². The highest BCUT2D eigenvalue weighted by molar-refractivity contribution is 6.21. The van der Waals surface area contributed by atoms with E-state index in [1.807, 2.05) is 0 Å². The van der Waals surface area contributed by atoms with Gasteiger partial charge in [0.25, 0.3) is 11.8 Å². The van der Waals surface area contributed by atoms with Crippen LogP contribution < -0.4 is 0 Å². The van der Waals surface area contributed by atoms with Gasteiger partial charge in [-0.05, 0) is 18.6 Å². The lowest BCUT2D eigenvalue weighted by atomic mass is 10.1. The Bertz CT molecular complexity index is 688. The number of fused-ring (bicyclic) bond motifs is 1. The Balaban J connectivity index is 1.63. The smallest absolute Gasteiger partial charge is 0.261 e. The molecule has 0 saturated heterocycles. The molecule has 106 valence electrons. The molecule has 1 aliphatic heterocycles. The lowest BCUT2D eigenvalue weighted by molar-refractivity contribution is 0.0650. The van der Waals surface area contributed by atoms with Gasteiger partial charge in [-0.15, -0.1) is 5.10 Å². The van der Waals surface area contributed by atoms with Crippen LogP contribution in [0.3, 0.4) is 0 Å². The number of carbonyl (C=O) groups excluding carboxylic acids is 3. The molecule has 3 rings (SSSR count). The average Bonchev–Trinajstić information content (AvgIpc) is 3.06. The number of benzene rings is 1. The van der Waals surface area contributed by atoms with Gasteiger partial charge in [0, 0.05) is 13.1 Å². The number of hydrogen-bond donors (Lipinski definition) is 0. The maximum absolute atomic E-state index is 12.1. The minimum Gasteiger partial charge on any atom is -0.296 e. The quantitative estimate of drug-likeness (QED) is 0.598. The standard InChI is InChI=1S/C14H12N4O3/c19-9-10-8-17(16-15-10)6-3-7-18-13(20)11-4-1-2-5-12(11)14(18)21/h1-2,4-5,8-9H,3,6-7H2. The van der Waals surface area contributed by atoms with Crippen LogP contribution in [0.5, 0.6) is 0 Å². The van der Waals surface area contributed by atoms with Crippen molar-refractivity contribution in [2.45, 2.75) is 13.0 Å². The summed E-state index contributed by atoms with van der Waals surface area (Å²) in [5.41, 5.74) is 1.16. The molecule has 1 aliphatic rings. The van der Waals surface area contributed by atoms with Gasteiger partial charge in [0.05, 0.1) is 17.3 Å². The average molecular weight is 284 g/mol. The molecule has 0 fully saturated rings. The first kappa shape index (κ1) is 13.2.